The van der Waals surface area contributed by atoms with Crippen molar-refractivity contribution in [2.75, 3.05) is 19.3 Å². The third-order valence-corrected chi connectivity index (χ3v) is 9.51. The molecule has 2 saturated carbocycles. The van der Waals surface area contributed by atoms with Gasteiger partial charge in [0.15, 0.2) is 23.4 Å². The fourth-order valence-corrected chi connectivity index (χ4v) is 7.70. The predicted molar refractivity (Wildman–Crippen MR) is 154 cm³/mol. The Morgan fingerprint density at radius 1 is 1.20 bits per heavy atom. The van der Waals surface area contributed by atoms with Gasteiger partial charge in [-0.3, -0.25) is 19.0 Å². The summed E-state index contributed by atoms with van der Waals surface area (Å²) in [6, 6.07) is 11.1. The van der Waals surface area contributed by atoms with Crippen LogP contribution in [-0.4, -0.2) is 71.7 Å². The average molecular weight is 601 g/mol. The topological polar surface area (TPSA) is 133 Å². The molecule has 2 aromatic rings. The third kappa shape index (κ3) is 4.94. The Morgan fingerprint density at radius 2 is 1.90 bits per heavy atom. The minimum absolute atomic E-state index is 0.0643. The summed E-state index contributed by atoms with van der Waals surface area (Å²) in [6.07, 6.45) is 8.34. The lowest BCUT2D eigenvalue weighted by molar-refractivity contribution is -0.148. The molecule has 0 radical (unpaired) electrons. The quantitative estimate of drug-likeness (QED) is 0.351. The standard InChI is InChI=1S/C29H29ClN2O4.CH4O3S/c30-20-7-3-17(4-8-20)5-10-24(35)31-29-12-11-22(34)27-28(29)13-14-32(16-18-1-2-18)23(29)15-19-6-9-21(33)26(36-27)25(19)28;1-5(2,3)4/h3-10,18,23,27,33H,1-2,11-16H2,(H,31,35);1H3,(H,2,3,4)/b10-5+;/t23?,27-,28-,29+;/m0./s1. The Labute approximate surface area is 244 Å². The molecule has 7 rings (SSSR count). The summed E-state index contributed by atoms with van der Waals surface area (Å²) in [5.74, 6) is 1.13. The Hall–Kier alpha value is -2.92. The second kappa shape index (κ2) is 10.1. The summed E-state index contributed by atoms with van der Waals surface area (Å²) >= 11 is 6.00. The van der Waals surface area contributed by atoms with E-state index in [9.17, 15) is 23.1 Å². The lowest BCUT2D eigenvalue weighted by Gasteiger charge is -2.65. The minimum Gasteiger partial charge on any atom is -0.504 e. The summed E-state index contributed by atoms with van der Waals surface area (Å²) in [5, 5.41) is 14.8. The molecule has 41 heavy (non-hydrogen) atoms. The molecule has 2 heterocycles. The van der Waals surface area contributed by atoms with Crippen molar-refractivity contribution in [2.45, 2.75) is 61.6 Å². The minimum atomic E-state index is -3.67. The number of piperidine rings is 1. The van der Waals surface area contributed by atoms with Crippen LogP contribution in [0.5, 0.6) is 11.5 Å². The normalized spacial score (nSPS) is 29.8. The van der Waals surface area contributed by atoms with Gasteiger partial charge < -0.3 is 15.2 Å². The van der Waals surface area contributed by atoms with Crippen molar-refractivity contribution in [3.8, 4) is 11.5 Å². The van der Waals surface area contributed by atoms with Gasteiger partial charge in [0.1, 0.15) is 0 Å². The highest BCUT2D eigenvalue weighted by Gasteiger charge is 2.73. The molecule has 9 nitrogen and oxygen atoms in total. The molecule has 11 heteroatoms. The molecule has 3 fully saturated rings. The van der Waals surface area contributed by atoms with Crippen LogP contribution in [-0.2, 0) is 31.5 Å². The number of hydrogen-bond acceptors (Lipinski definition) is 7. The molecule has 4 atom stereocenters. The molecular formula is C30H33ClN2O7S. The number of carbonyl (C=O) groups excluding carboxylic acids is 2. The molecular weight excluding hydrogens is 568 g/mol. The zero-order chi connectivity index (χ0) is 29.2. The highest BCUT2D eigenvalue weighted by atomic mass is 35.5. The van der Waals surface area contributed by atoms with E-state index in [1.54, 1.807) is 30.4 Å². The molecule has 3 N–H and O–H groups in total. The van der Waals surface area contributed by atoms with Crippen LogP contribution in [0, 0.1) is 5.92 Å². The molecule has 2 aliphatic heterocycles. The number of phenolic OH excluding ortho intramolecular Hbond substituents is 1. The molecule has 218 valence electrons. The number of hydrogen-bond donors (Lipinski definition) is 3. The van der Waals surface area contributed by atoms with E-state index in [0.717, 1.165) is 42.6 Å². The zero-order valence-electron chi connectivity index (χ0n) is 22.7. The number of benzene rings is 2. The summed E-state index contributed by atoms with van der Waals surface area (Å²) in [4.78, 5) is 29.4. The number of nitrogens with one attached hydrogen (secondary N) is 1. The first kappa shape index (κ1) is 28.2. The van der Waals surface area contributed by atoms with E-state index in [4.69, 9.17) is 20.9 Å². The van der Waals surface area contributed by atoms with Gasteiger partial charge in [-0.2, -0.15) is 8.42 Å². The van der Waals surface area contributed by atoms with E-state index in [1.807, 2.05) is 18.2 Å². The lowest BCUT2D eigenvalue weighted by atomic mass is 9.47. The fourth-order valence-electron chi connectivity index (χ4n) is 7.57. The maximum Gasteiger partial charge on any atom is 0.261 e. The molecule has 5 aliphatic rings. The van der Waals surface area contributed by atoms with Crippen LogP contribution in [0.1, 0.15) is 48.8 Å². The summed E-state index contributed by atoms with van der Waals surface area (Å²) in [7, 11) is -3.67. The predicted octanol–water partition coefficient (Wildman–Crippen LogP) is 3.52. The van der Waals surface area contributed by atoms with Gasteiger partial charge in [0, 0.05) is 35.7 Å². The number of nitrogens with zero attached hydrogens (tertiary/aromatic N) is 1. The Morgan fingerprint density at radius 3 is 2.59 bits per heavy atom. The largest absolute Gasteiger partial charge is 0.504 e. The molecule has 1 amide bonds. The number of likely N-dealkylation sites (tertiary alicyclic amines) is 1. The second-order valence-electron chi connectivity index (χ2n) is 11.9. The van der Waals surface area contributed by atoms with E-state index in [1.165, 1.54) is 12.8 Å². The van der Waals surface area contributed by atoms with Crippen molar-refractivity contribution in [3.05, 3.63) is 64.2 Å². The van der Waals surface area contributed by atoms with Crippen LogP contribution in [0.3, 0.4) is 0 Å². The van der Waals surface area contributed by atoms with Gasteiger partial charge in [-0.15, -0.1) is 0 Å². The van der Waals surface area contributed by atoms with Crippen molar-refractivity contribution in [1.29, 1.82) is 0 Å². The fraction of sp³-hybridized carbons (Fsp3) is 0.467. The van der Waals surface area contributed by atoms with Gasteiger partial charge in [-0.05, 0) is 80.0 Å². The van der Waals surface area contributed by atoms with Gasteiger partial charge in [-0.1, -0.05) is 29.8 Å². The SMILES string of the molecule is CS(=O)(=O)O.O=C(/C=C/c1ccc(Cl)cc1)N[C@@]12CCC(=O)[C@@H]3Oc4c(O)ccc5c4[C@@]31CCN(CC1CC1)C2C5. The van der Waals surface area contributed by atoms with E-state index in [0.29, 0.717) is 35.8 Å². The molecule has 1 saturated heterocycles. The smallest absolute Gasteiger partial charge is 0.261 e. The van der Waals surface area contributed by atoms with Gasteiger partial charge in [0.25, 0.3) is 10.1 Å². The van der Waals surface area contributed by atoms with Crippen LogP contribution in [0.25, 0.3) is 6.08 Å². The lowest BCUT2D eigenvalue weighted by Crippen LogP contribution is -2.81. The van der Waals surface area contributed by atoms with Crippen LogP contribution < -0.4 is 10.1 Å². The summed E-state index contributed by atoms with van der Waals surface area (Å²) < 4.78 is 32.2. The zero-order valence-corrected chi connectivity index (χ0v) is 24.2. The number of aromatic hydroxyl groups is 1. The number of phenols is 1. The van der Waals surface area contributed by atoms with Crippen molar-refractivity contribution >= 4 is 39.5 Å². The Bertz CT molecular complexity index is 1530. The number of carbonyl (C=O) groups is 2. The number of ether oxygens (including phenoxy) is 1. The molecule has 0 aromatic heterocycles. The van der Waals surface area contributed by atoms with Gasteiger partial charge >= 0.3 is 0 Å². The van der Waals surface area contributed by atoms with E-state index >= 15 is 0 Å². The van der Waals surface area contributed by atoms with Crippen LogP contribution in [0.2, 0.25) is 5.02 Å². The van der Waals surface area contributed by atoms with E-state index in [-0.39, 0.29) is 23.5 Å². The molecule has 3 aliphatic carbocycles. The first-order valence-corrected chi connectivity index (χ1v) is 16.1. The first-order chi connectivity index (χ1) is 19.4. The third-order valence-electron chi connectivity index (χ3n) is 9.26. The second-order valence-corrected chi connectivity index (χ2v) is 13.8. The van der Waals surface area contributed by atoms with Crippen molar-refractivity contribution in [3.63, 3.8) is 0 Å². The highest BCUT2D eigenvalue weighted by molar-refractivity contribution is 7.85. The first-order valence-electron chi connectivity index (χ1n) is 13.9. The van der Waals surface area contributed by atoms with Gasteiger partial charge in [0.2, 0.25) is 5.91 Å². The van der Waals surface area contributed by atoms with E-state index < -0.39 is 27.2 Å². The average Bonchev–Trinajstić information content (AvgIpc) is 3.64. The molecule has 2 bridgehead atoms. The Kier molecular flexibility index (Phi) is 6.96. The number of ketones is 1. The highest BCUT2D eigenvalue weighted by Crippen LogP contribution is 2.65. The molecule has 2 aromatic carbocycles. The van der Waals surface area contributed by atoms with Crippen LogP contribution in [0.15, 0.2) is 42.5 Å². The van der Waals surface area contributed by atoms with Crippen LogP contribution >= 0.6 is 11.6 Å². The monoisotopic (exact) mass is 600 g/mol. The van der Waals surface area contributed by atoms with Crippen LogP contribution in [0.4, 0.5) is 0 Å². The molecule has 1 spiro atoms. The number of rotatable bonds is 5. The van der Waals surface area contributed by atoms with Gasteiger partial charge in [-0.25, -0.2) is 0 Å². The number of halogens is 1. The molecule has 1 unspecified atom stereocenters. The van der Waals surface area contributed by atoms with E-state index in [2.05, 4.69) is 10.2 Å². The Balaban J connectivity index is 0.000000559. The van der Waals surface area contributed by atoms with Crippen molar-refractivity contribution < 1.29 is 32.4 Å². The maximum absolute atomic E-state index is 13.5. The maximum atomic E-state index is 13.5. The van der Waals surface area contributed by atoms with Gasteiger partial charge in [0.05, 0.1) is 17.2 Å². The van der Waals surface area contributed by atoms with Crippen molar-refractivity contribution in [2.24, 2.45) is 5.92 Å². The van der Waals surface area contributed by atoms with Crippen molar-refractivity contribution in [1.82, 2.24) is 10.2 Å². The number of amides is 1. The summed E-state index contributed by atoms with van der Waals surface area (Å²) in [6.45, 7) is 1.89. The number of Topliss-reactive ketones (excluding diaryl/α,β-unsaturated/α-hetero) is 1. The summed E-state index contributed by atoms with van der Waals surface area (Å²) in [5.41, 5.74) is 1.66.